The lowest BCUT2D eigenvalue weighted by molar-refractivity contribution is 0.0949. The largest absolute Gasteiger partial charge is 0.497 e. The van der Waals surface area contributed by atoms with Gasteiger partial charge in [0.1, 0.15) is 11.6 Å². The summed E-state index contributed by atoms with van der Waals surface area (Å²) in [5.74, 6) is 0.0405. The highest BCUT2D eigenvalue weighted by molar-refractivity contribution is 9.10. The molecule has 0 aliphatic heterocycles. The van der Waals surface area contributed by atoms with E-state index in [4.69, 9.17) is 4.74 Å². The number of carbonyl (C=O) groups is 1. The van der Waals surface area contributed by atoms with E-state index in [1.54, 1.807) is 7.11 Å². The van der Waals surface area contributed by atoms with Gasteiger partial charge in [-0.25, -0.2) is 4.39 Å². The molecule has 3 rings (SSSR count). The Morgan fingerprint density at radius 3 is 2.62 bits per heavy atom. The number of rotatable bonds is 4. The van der Waals surface area contributed by atoms with Crippen molar-refractivity contribution in [1.29, 1.82) is 0 Å². The van der Waals surface area contributed by atoms with E-state index in [1.807, 2.05) is 36.4 Å². The minimum absolute atomic E-state index is 0.278. The minimum Gasteiger partial charge on any atom is -0.497 e. The molecule has 0 unspecified atom stereocenters. The van der Waals surface area contributed by atoms with Crippen LogP contribution < -0.4 is 10.1 Å². The number of amides is 1. The zero-order valence-corrected chi connectivity index (χ0v) is 14.6. The molecule has 5 heteroatoms. The maximum atomic E-state index is 13.3. The Morgan fingerprint density at radius 1 is 1.08 bits per heavy atom. The molecule has 0 bridgehead atoms. The van der Waals surface area contributed by atoms with Crippen LogP contribution >= 0.6 is 15.9 Å². The number of fused-ring (bicyclic) bond motifs is 1. The van der Waals surface area contributed by atoms with E-state index < -0.39 is 5.82 Å². The topological polar surface area (TPSA) is 38.3 Å². The number of benzene rings is 3. The first-order valence-corrected chi connectivity index (χ1v) is 8.16. The quantitative estimate of drug-likeness (QED) is 0.705. The van der Waals surface area contributed by atoms with E-state index in [0.29, 0.717) is 11.0 Å². The van der Waals surface area contributed by atoms with Gasteiger partial charge in [0.2, 0.25) is 0 Å². The molecule has 3 aromatic rings. The minimum atomic E-state index is -0.442. The van der Waals surface area contributed by atoms with Crippen LogP contribution in [0.15, 0.2) is 59.1 Å². The van der Waals surface area contributed by atoms with Crippen LogP contribution in [0.4, 0.5) is 4.39 Å². The molecule has 122 valence electrons. The Labute approximate surface area is 147 Å². The highest BCUT2D eigenvalue weighted by Gasteiger charge is 2.11. The van der Waals surface area contributed by atoms with E-state index in [1.165, 1.54) is 18.2 Å². The summed E-state index contributed by atoms with van der Waals surface area (Å²) in [6, 6.07) is 15.8. The van der Waals surface area contributed by atoms with Gasteiger partial charge in [0, 0.05) is 11.0 Å². The second-order valence-electron chi connectivity index (χ2n) is 5.35. The average molecular weight is 388 g/mol. The van der Waals surface area contributed by atoms with Crippen LogP contribution in [0.5, 0.6) is 5.75 Å². The molecule has 24 heavy (non-hydrogen) atoms. The van der Waals surface area contributed by atoms with Crippen molar-refractivity contribution in [3.05, 3.63) is 76.0 Å². The predicted molar refractivity (Wildman–Crippen MR) is 95.8 cm³/mol. The summed E-state index contributed by atoms with van der Waals surface area (Å²) in [6.45, 7) is 0.365. The molecule has 0 aliphatic rings. The summed E-state index contributed by atoms with van der Waals surface area (Å²) in [7, 11) is 1.63. The van der Waals surface area contributed by atoms with Gasteiger partial charge in [0.05, 0.1) is 12.7 Å². The summed E-state index contributed by atoms with van der Waals surface area (Å²) >= 11 is 3.26. The maximum Gasteiger partial charge on any atom is 0.252 e. The van der Waals surface area contributed by atoms with Crippen molar-refractivity contribution in [2.75, 3.05) is 7.11 Å². The monoisotopic (exact) mass is 387 g/mol. The summed E-state index contributed by atoms with van der Waals surface area (Å²) in [6.07, 6.45) is 0. The normalized spacial score (nSPS) is 10.6. The molecule has 0 aromatic heterocycles. The first kappa shape index (κ1) is 16.5. The van der Waals surface area contributed by atoms with Crippen LogP contribution in [0.25, 0.3) is 10.8 Å². The van der Waals surface area contributed by atoms with Gasteiger partial charge >= 0.3 is 0 Å². The van der Waals surface area contributed by atoms with Gasteiger partial charge in [-0.3, -0.25) is 4.79 Å². The van der Waals surface area contributed by atoms with Gasteiger partial charge in [0.25, 0.3) is 5.91 Å². The third kappa shape index (κ3) is 3.57. The zero-order valence-electron chi connectivity index (χ0n) is 13.0. The van der Waals surface area contributed by atoms with Gasteiger partial charge in [0.15, 0.2) is 0 Å². The summed E-state index contributed by atoms with van der Waals surface area (Å²) < 4.78 is 19.1. The molecule has 0 saturated carbocycles. The number of hydrogen-bond acceptors (Lipinski definition) is 2. The van der Waals surface area contributed by atoms with Crippen molar-refractivity contribution in [3.63, 3.8) is 0 Å². The number of methoxy groups -OCH3 is 1. The van der Waals surface area contributed by atoms with Crippen LogP contribution in [-0.2, 0) is 6.54 Å². The first-order valence-electron chi connectivity index (χ1n) is 7.37. The molecule has 3 aromatic carbocycles. The molecular formula is C19H15BrFNO2. The van der Waals surface area contributed by atoms with Gasteiger partial charge < -0.3 is 10.1 Å². The Hall–Kier alpha value is -2.40. The number of ether oxygens (including phenoxy) is 1. The van der Waals surface area contributed by atoms with Crippen LogP contribution in [0, 0.1) is 5.82 Å². The lowest BCUT2D eigenvalue weighted by atomic mass is 10.1. The second kappa shape index (κ2) is 7.01. The Bertz CT molecular complexity index is 911. The molecule has 1 N–H and O–H groups in total. The fourth-order valence-corrected chi connectivity index (χ4v) is 2.89. The third-order valence-electron chi connectivity index (χ3n) is 3.74. The summed E-state index contributed by atoms with van der Waals surface area (Å²) in [5.41, 5.74) is 1.24. The SMILES string of the molecule is COc1ccc2cc(CNC(=O)c3cc(F)ccc3Br)ccc2c1. The molecule has 0 radical (unpaired) electrons. The summed E-state index contributed by atoms with van der Waals surface area (Å²) in [4.78, 5) is 12.2. The van der Waals surface area contributed by atoms with E-state index in [2.05, 4.69) is 21.2 Å². The smallest absolute Gasteiger partial charge is 0.252 e. The molecule has 0 heterocycles. The van der Waals surface area contributed by atoms with Gasteiger partial charge in [-0.15, -0.1) is 0 Å². The first-order chi connectivity index (χ1) is 11.6. The van der Waals surface area contributed by atoms with Gasteiger partial charge in [-0.1, -0.05) is 18.2 Å². The van der Waals surface area contributed by atoms with Crippen molar-refractivity contribution in [3.8, 4) is 5.75 Å². The van der Waals surface area contributed by atoms with Crippen LogP contribution in [0.3, 0.4) is 0 Å². The summed E-state index contributed by atoms with van der Waals surface area (Å²) in [5, 5.41) is 4.94. The van der Waals surface area contributed by atoms with Crippen LogP contribution in [0.1, 0.15) is 15.9 Å². The van der Waals surface area contributed by atoms with Crippen LogP contribution in [0.2, 0.25) is 0 Å². The molecule has 0 atom stereocenters. The maximum absolute atomic E-state index is 13.3. The van der Waals surface area contributed by atoms with E-state index in [0.717, 1.165) is 22.1 Å². The average Bonchev–Trinajstić information content (AvgIpc) is 2.61. The number of hydrogen-bond donors (Lipinski definition) is 1. The Morgan fingerprint density at radius 2 is 1.83 bits per heavy atom. The van der Waals surface area contributed by atoms with E-state index in [9.17, 15) is 9.18 Å². The molecule has 0 aliphatic carbocycles. The van der Waals surface area contributed by atoms with Crippen molar-refractivity contribution in [1.82, 2.24) is 5.32 Å². The number of halogens is 2. The molecule has 0 saturated heterocycles. The zero-order chi connectivity index (χ0) is 17.1. The Balaban J connectivity index is 1.75. The van der Waals surface area contributed by atoms with Crippen molar-refractivity contribution < 1.29 is 13.9 Å². The molecule has 0 spiro atoms. The molecule has 1 amide bonds. The van der Waals surface area contributed by atoms with Crippen LogP contribution in [-0.4, -0.2) is 13.0 Å². The number of carbonyl (C=O) groups excluding carboxylic acids is 1. The lowest BCUT2D eigenvalue weighted by Gasteiger charge is -2.09. The van der Waals surface area contributed by atoms with Crippen molar-refractivity contribution in [2.45, 2.75) is 6.54 Å². The fraction of sp³-hybridized carbons (Fsp3) is 0.105. The van der Waals surface area contributed by atoms with Crippen molar-refractivity contribution in [2.24, 2.45) is 0 Å². The number of nitrogens with one attached hydrogen (secondary N) is 1. The molecule has 3 nitrogen and oxygen atoms in total. The van der Waals surface area contributed by atoms with E-state index in [-0.39, 0.29) is 11.5 Å². The lowest BCUT2D eigenvalue weighted by Crippen LogP contribution is -2.23. The predicted octanol–water partition coefficient (Wildman–Crippen LogP) is 4.68. The highest BCUT2D eigenvalue weighted by atomic mass is 79.9. The standard InChI is InChI=1S/C19H15BrFNO2/c1-24-16-6-4-13-8-12(2-3-14(13)9-16)11-22-19(23)17-10-15(21)5-7-18(17)20/h2-10H,11H2,1H3,(H,22,23). The van der Waals surface area contributed by atoms with Crippen molar-refractivity contribution >= 4 is 32.6 Å². The van der Waals surface area contributed by atoms with Gasteiger partial charge in [-0.05, 0) is 68.7 Å². The van der Waals surface area contributed by atoms with E-state index >= 15 is 0 Å². The Kier molecular flexibility index (Phi) is 4.81. The van der Waals surface area contributed by atoms with Gasteiger partial charge in [-0.2, -0.15) is 0 Å². The third-order valence-corrected chi connectivity index (χ3v) is 4.43. The second-order valence-corrected chi connectivity index (χ2v) is 6.21. The highest BCUT2D eigenvalue weighted by Crippen LogP contribution is 2.22. The molecule has 0 fully saturated rings. The molecular weight excluding hydrogens is 373 g/mol. The fourth-order valence-electron chi connectivity index (χ4n) is 2.46.